The summed E-state index contributed by atoms with van der Waals surface area (Å²) in [5, 5.41) is 3.45. The summed E-state index contributed by atoms with van der Waals surface area (Å²) in [4.78, 5) is 11.7. The van der Waals surface area contributed by atoms with Crippen LogP contribution < -0.4 is 11.1 Å². The first-order valence-electron chi connectivity index (χ1n) is 4.81. The highest BCUT2D eigenvalue weighted by atomic mass is 35.5. The molecule has 3 N–H and O–H groups in total. The molecule has 0 radical (unpaired) electrons. The molecule has 1 aromatic carbocycles. The lowest BCUT2D eigenvalue weighted by Crippen LogP contribution is -2.37. The van der Waals surface area contributed by atoms with E-state index in [9.17, 15) is 4.79 Å². The van der Waals surface area contributed by atoms with Crippen LogP contribution in [0.15, 0.2) is 18.2 Å². The van der Waals surface area contributed by atoms with Gasteiger partial charge < -0.3 is 11.1 Å². The van der Waals surface area contributed by atoms with Gasteiger partial charge in [-0.25, -0.2) is 0 Å². The third-order valence-electron chi connectivity index (χ3n) is 2.15. The molecule has 0 heterocycles. The molecule has 4 heteroatoms. The maximum absolute atomic E-state index is 11.7. The maximum atomic E-state index is 11.7. The van der Waals surface area contributed by atoms with Crippen molar-refractivity contribution in [3.05, 3.63) is 34.3 Å². The first-order valence-corrected chi connectivity index (χ1v) is 5.19. The van der Waals surface area contributed by atoms with Gasteiger partial charge in [0.05, 0.1) is 0 Å². The van der Waals surface area contributed by atoms with Gasteiger partial charge in [0.15, 0.2) is 0 Å². The van der Waals surface area contributed by atoms with E-state index in [4.69, 9.17) is 17.3 Å². The Bertz CT molecular complexity index is 366. The van der Waals surface area contributed by atoms with Crippen LogP contribution in [0.5, 0.6) is 0 Å². The third-order valence-corrected chi connectivity index (χ3v) is 2.58. The van der Waals surface area contributed by atoms with Gasteiger partial charge in [-0.1, -0.05) is 11.6 Å². The highest BCUT2D eigenvalue weighted by Crippen LogP contribution is 2.16. The van der Waals surface area contributed by atoms with Gasteiger partial charge in [0.25, 0.3) is 5.91 Å². The number of carbonyl (C=O) groups excluding carboxylic acids is 1. The van der Waals surface area contributed by atoms with E-state index >= 15 is 0 Å². The molecule has 0 aromatic heterocycles. The van der Waals surface area contributed by atoms with Gasteiger partial charge in [0.1, 0.15) is 0 Å². The first-order chi connectivity index (χ1) is 7.04. The van der Waals surface area contributed by atoms with Crippen molar-refractivity contribution >= 4 is 17.5 Å². The van der Waals surface area contributed by atoms with E-state index in [0.29, 0.717) is 17.1 Å². The molecule has 0 aliphatic rings. The van der Waals surface area contributed by atoms with Crippen molar-refractivity contribution in [3.8, 4) is 0 Å². The Hall–Kier alpha value is -1.06. The molecular formula is C11H15ClN2O. The van der Waals surface area contributed by atoms with Crippen molar-refractivity contribution in [2.24, 2.45) is 5.73 Å². The second-order valence-corrected chi connectivity index (χ2v) is 3.98. The van der Waals surface area contributed by atoms with Gasteiger partial charge in [0, 0.05) is 23.2 Å². The van der Waals surface area contributed by atoms with E-state index in [0.717, 1.165) is 5.56 Å². The summed E-state index contributed by atoms with van der Waals surface area (Å²) < 4.78 is 0. The zero-order valence-electron chi connectivity index (χ0n) is 8.88. The normalized spacial score (nSPS) is 12.3. The third kappa shape index (κ3) is 3.22. The van der Waals surface area contributed by atoms with Gasteiger partial charge in [-0.2, -0.15) is 0 Å². The number of hydrogen-bond acceptors (Lipinski definition) is 2. The molecule has 0 aliphatic heterocycles. The van der Waals surface area contributed by atoms with Crippen molar-refractivity contribution in [1.82, 2.24) is 5.32 Å². The van der Waals surface area contributed by atoms with E-state index in [1.807, 2.05) is 13.8 Å². The average molecular weight is 227 g/mol. The molecule has 1 rings (SSSR count). The number of aryl methyl sites for hydroxylation is 1. The molecule has 3 nitrogen and oxygen atoms in total. The summed E-state index contributed by atoms with van der Waals surface area (Å²) >= 11 is 5.87. The standard InChI is InChI=1S/C11H15ClN2O/c1-7-5-9(3-4-10(7)12)11(15)14-8(2)6-13/h3-5,8H,6,13H2,1-2H3,(H,14,15)/t8-/m0/s1. The number of rotatable bonds is 3. The van der Waals surface area contributed by atoms with Crippen molar-refractivity contribution in [1.29, 1.82) is 0 Å². The minimum absolute atomic E-state index is 0.0199. The zero-order chi connectivity index (χ0) is 11.4. The number of benzene rings is 1. The van der Waals surface area contributed by atoms with Crippen LogP contribution in [0, 0.1) is 6.92 Å². The van der Waals surface area contributed by atoms with Crippen LogP contribution in [-0.4, -0.2) is 18.5 Å². The Morgan fingerprint density at radius 2 is 2.27 bits per heavy atom. The lowest BCUT2D eigenvalue weighted by molar-refractivity contribution is 0.0941. The van der Waals surface area contributed by atoms with Crippen molar-refractivity contribution in [3.63, 3.8) is 0 Å². The van der Waals surface area contributed by atoms with Crippen LogP contribution >= 0.6 is 11.6 Å². The minimum atomic E-state index is -0.118. The molecule has 0 aliphatic carbocycles. The van der Waals surface area contributed by atoms with Gasteiger partial charge in [-0.3, -0.25) is 4.79 Å². The fraction of sp³-hybridized carbons (Fsp3) is 0.364. The van der Waals surface area contributed by atoms with E-state index in [-0.39, 0.29) is 11.9 Å². The van der Waals surface area contributed by atoms with Crippen LogP contribution in [-0.2, 0) is 0 Å². The molecule has 82 valence electrons. The molecule has 0 saturated heterocycles. The fourth-order valence-electron chi connectivity index (χ4n) is 1.15. The number of nitrogens with two attached hydrogens (primary N) is 1. The Labute approximate surface area is 94.6 Å². The lowest BCUT2D eigenvalue weighted by atomic mass is 10.1. The topological polar surface area (TPSA) is 55.1 Å². The Morgan fingerprint density at radius 3 is 2.80 bits per heavy atom. The molecule has 0 fully saturated rings. The van der Waals surface area contributed by atoms with E-state index in [2.05, 4.69) is 5.32 Å². The number of hydrogen-bond donors (Lipinski definition) is 2. The fourth-order valence-corrected chi connectivity index (χ4v) is 1.27. The monoisotopic (exact) mass is 226 g/mol. The van der Waals surface area contributed by atoms with Crippen LogP contribution in [0.1, 0.15) is 22.8 Å². The number of halogens is 1. The highest BCUT2D eigenvalue weighted by Gasteiger charge is 2.09. The molecule has 1 atom stereocenters. The van der Waals surface area contributed by atoms with Gasteiger partial charge in [-0.05, 0) is 37.6 Å². The second kappa shape index (κ2) is 5.14. The Balaban J connectivity index is 2.78. The molecule has 0 saturated carbocycles. The smallest absolute Gasteiger partial charge is 0.251 e. The molecule has 0 spiro atoms. The van der Waals surface area contributed by atoms with Gasteiger partial charge in [0.2, 0.25) is 0 Å². The van der Waals surface area contributed by atoms with Gasteiger partial charge in [-0.15, -0.1) is 0 Å². The molecule has 0 unspecified atom stereocenters. The predicted octanol–water partition coefficient (Wildman–Crippen LogP) is 1.73. The summed E-state index contributed by atoms with van der Waals surface area (Å²) in [5.74, 6) is -0.118. The Kier molecular flexibility index (Phi) is 4.12. The summed E-state index contributed by atoms with van der Waals surface area (Å²) in [6.07, 6.45) is 0. The number of carbonyl (C=O) groups is 1. The van der Waals surface area contributed by atoms with Crippen molar-refractivity contribution < 1.29 is 4.79 Å². The number of nitrogens with one attached hydrogen (secondary N) is 1. The van der Waals surface area contributed by atoms with Crippen molar-refractivity contribution in [2.45, 2.75) is 19.9 Å². The Morgan fingerprint density at radius 1 is 1.60 bits per heavy atom. The molecule has 0 bridgehead atoms. The van der Waals surface area contributed by atoms with Crippen molar-refractivity contribution in [2.75, 3.05) is 6.54 Å². The molecule has 15 heavy (non-hydrogen) atoms. The van der Waals surface area contributed by atoms with Crippen LogP contribution in [0.4, 0.5) is 0 Å². The molecule has 1 amide bonds. The minimum Gasteiger partial charge on any atom is -0.348 e. The first kappa shape index (κ1) is 12.0. The van der Waals surface area contributed by atoms with Crippen LogP contribution in [0.2, 0.25) is 5.02 Å². The highest BCUT2D eigenvalue weighted by molar-refractivity contribution is 6.31. The van der Waals surface area contributed by atoms with E-state index < -0.39 is 0 Å². The summed E-state index contributed by atoms with van der Waals surface area (Å²) in [5.41, 5.74) is 6.92. The summed E-state index contributed by atoms with van der Waals surface area (Å²) in [6, 6.07) is 5.17. The second-order valence-electron chi connectivity index (χ2n) is 3.57. The van der Waals surface area contributed by atoms with Crippen LogP contribution in [0.25, 0.3) is 0 Å². The number of amides is 1. The van der Waals surface area contributed by atoms with E-state index in [1.54, 1.807) is 18.2 Å². The largest absolute Gasteiger partial charge is 0.348 e. The summed E-state index contributed by atoms with van der Waals surface area (Å²) in [6.45, 7) is 4.16. The summed E-state index contributed by atoms with van der Waals surface area (Å²) in [7, 11) is 0. The van der Waals surface area contributed by atoms with Crippen LogP contribution in [0.3, 0.4) is 0 Å². The van der Waals surface area contributed by atoms with Gasteiger partial charge >= 0.3 is 0 Å². The lowest BCUT2D eigenvalue weighted by Gasteiger charge is -2.11. The van der Waals surface area contributed by atoms with E-state index in [1.165, 1.54) is 0 Å². The SMILES string of the molecule is Cc1cc(C(=O)N[C@@H](C)CN)ccc1Cl. The maximum Gasteiger partial charge on any atom is 0.251 e. The average Bonchev–Trinajstić information content (AvgIpc) is 2.21. The quantitative estimate of drug-likeness (QED) is 0.825. The molecule has 1 aromatic rings. The zero-order valence-corrected chi connectivity index (χ0v) is 9.64. The predicted molar refractivity (Wildman–Crippen MR) is 62.2 cm³/mol. The molecular weight excluding hydrogens is 212 g/mol.